The van der Waals surface area contributed by atoms with Crippen LogP contribution in [0.4, 0.5) is 5.82 Å². The van der Waals surface area contributed by atoms with E-state index in [1.807, 2.05) is 12.1 Å². The average molecular weight is 413 g/mol. The molecule has 0 aliphatic carbocycles. The van der Waals surface area contributed by atoms with E-state index in [1.165, 1.54) is 11.8 Å². The summed E-state index contributed by atoms with van der Waals surface area (Å²) in [6, 6.07) is 5.68. The van der Waals surface area contributed by atoms with Gasteiger partial charge < -0.3 is 15.6 Å². The van der Waals surface area contributed by atoms with Crippen LogP contribution in [0.2, 0.25) is 10.0 Å². The zero-order valence-corrected chi connectivity index (χ0v) is 16.7. The largest absolute Gasteiger partial charge is 0.352 e. The molecular weight excluding hydrogens is 391 g/mol. The summed E-state index contributed by atoms with van der Waals surface area (Å²) in [4.78, 5) is 22.8. The molecule has 2 heterocycles. The molecular formula is C18H22Cl2N4OS. The fraction of sp³-hybridized carbons (Fsp3) is 0.444. The van der Waals surface area contributed by atoms with E-state index in [2.05, 4.69) is 14.9 Å². The van der Waals surface area contributed by atoms with E-state index >= 15 is 0 Å². The summed E-state index contributed by atoms with van der Waals surface area (Å²) in [7, 11) is 0. The summed E-state index contributed by atoms with van der Waals surface area (Å²) in [6.07, 6.45) is 6.78. The van der Waals surface area contributed by atoms with Crippen molar-refractivity contribution >= 4 is 40.8 Å². The summed E-state index contributed by atoms with van der Waals surface area (Å²) < 4.78 is 0. The predicted molar refractivity (Wildman–Crippen MR) is 109 cm³/mol. The van der Waals surface area contributed by atoms with Crippen molar-refractivity contribution in [1.82, 2.24) is 9.97 Å². The zero-order valence-electron chi connectivity index (χ0n) is 14.4. The highest BCUT2D eigenvalue weighted by molar-refractivity contribution is 7.99. The third-order valence-corrected chi connectivity index (χ3v) is 6.35. The molecule has 3 N–H and O–H groups in total. The van der Waals surface area contributed by atoms with Crippen molar-refractivity contribution in [3.05, 3.63) is 44.8 Å². The minimum atomic E-state index is -0.184. The van der Waals surface area contributed by atoms with E-state index < -0.39 is 0 Å². The number of nitrogens with two attached hydrogens (primary N) is 1. The molecule has 0 spiro atoms. The lowest BCUT2D eigenvalue weighted by Gasteiger charge is -2.22. The lowest BCUT2D eigenvalue weighted by Crippen LogP contribution is -2.32. The number of aromatic nitrogens is 2. The van der Waals surface area contributed by atoms with Gasteiger partial charge in [0.25, 0.3) is 5.56 Å². The smallest absolute Gasteiger partial charge is 0.291 e. The normalized spacial score (nSPS) is 18.9. The summed E-state index contributed by atoms with van der Waals surface area (Å²) in [6.45, 7) is 1.63. The van der Waals surface area contributed by atoms with E-state index in [1.54, 1.807) is 12.3 Å². The molecule has 8 heteroatoms. The molecule has 1 atom stereocenters. The maximum absolute atomic E-state index is 12.6. The van der Waals surface area contributed by atoms with Crippen molar-refractivity contribution in [2.75, 3.05) is 18.0 Å². The zero-order chi connectivity index (χ0) is 18.5. The Morgan fingerprint density at radius 1 is 1.19 bits per heavy atom. The molecule has 140 valence electrons. The summed E-state index contributed by atoms with van der Waals surface area (Å²) in [5.74, 6) is 0.474. The molecule has 0 saturated carbocycles. The summed E-state index contributed by atoms with van der Waals surface area (Å²) in [5, 5.41) is 1.59. The molecule has 3 rings (SSSR count). The van der Waals surface area contributed by atoms with Crippen molar-refractivity contribution < 1.29 is 0 Å². The molecule has 1 aromatic heterocycles. The molecule has 26 heavy (non-hydrogen) atoms. The maximum Gasteiger partial charge on any atom is 0.291 e. The highest BCUT2D eigenvalue weighted by Gasteiger charge is 2.16. The number of nitrogens with zero attached hydrogens (tertiary/aromatic N) is 2. The molecule has 0 bridgehead atoms. The Morgan fingerprint density at radius 2 is 1.96 bits per heavy atom. The van der Waals surface area contributed by atoms with Crippen molar-refractivity contribution in [1.29, 1.82) is 0 Å². The van der Waals surface area contributed by atoms with Gasteiger partial charge in [-0.2, -0.15) is 0 Å². The van der Waals surface area contributed by atoms with Gasteiger partial charge in [-0.15, -0.1) is 0 Å². The lowest BCUT2D eigenvalue weighted by molar-refractivity contribution is 0.542. The highest BCUT2D eigenvalue weighted by Crippen LogP contribution is 2.35. The fourth-order valence-corrected chi connectivity index (χ4v) is 4.36. The first kappa shape index (κ1) is 19.5. The number of nitrogens with one attached hydrogen (secondary N) is 1. The second-order valence-electron chi connectivity index (χ2n) is 6.44. The summed E-state index contributed by atoms with van der Waals surface area (Å²) >= 11 is 13.6. The van der Waals surface area contributed by atoms with Gasteiger partial charge in [-0.1, -0.05) is 47.5 Å². The minimum Gasteiger partial charge on any atom is -0.352 e. The maximum atomic E-state index is 12.6. The van der Waals surface area contributed by atoms with E-state index in [-0.39, 0.29) is 11.6 Å². The van der Waals surface area contributed by atoms with Gasteiger partial charge in [0, 0.05) is 24.0 Å². The van der Waals surface area contributed by atoms with Crippen LogP contribution < -0.4 is 16.2 Å². The first-order valence-electron chi connectivity index (χ1n) is 8.76. The number of H-pyrrole nitrogens is 1. The monoisotopic (exact) mass is 412 g/mol. The van der Waals surface area contributed by atoms with Crippen LogP contribution in [0.3, 0.4) is 0 Å². The van der Waals surface area contributed by atoms with Gasteiger partial charge in [0.15, 0.2) is 5.82 Å². The molecule has 0 radical (unpaired) electrons. The number of hydrogen-bond acceptors (Lipinski definition) is 5. The van der Waals surface area contributed by atoms with Gasteiger partial charge >= 0.3 is 0 Å². The SMILES string of the molecule is N[C@H]1CCCCN(c2ncc(Sc3cccc(Cl)c3Cl)[nH]c2=O)CCC1. The first-order chi connectivity index (χ1) is 12.5. The Kier molecular flexibility index (Phi) is 6.86. The van der Waals surface area contributed by atoms with Crippen molar-refractivity contribution in [3.63, 3.8) is 0 Å². The van der Waals surface area contributed by atoms with Crippen LogP contribution in [0.15, 0.2) is 39.1 Å². The Morgan fingerprint density at radius 3 is 2.77 bits per heavy atom. The van der Waals surface area contributed by atoms with Gasteiger partial charge in [0.05, 0.1) is 21.3 Å². The van der Waals surface area contributed by atoms with Gasteiger partial charge in [-0.05, 0) is 37.8 Å². The van der Waals surface area contributed by atoms with Crippen molar-refractivity contribution in [2.24, 2.45) is 5.73 Å². The Labute approximate surface area is 167 Å². The predicted octanol–water partition coefficient (Wildman–Crippen LogP) is 4.33. The quantitative estimate of drug-likeness (QED) is 0.784. The van der Waals surface area contributed by atoms with Crippen molar-refractivity contribution in [3.8, 4) is 0 Å². The first-order valence-corrected chi connectivity index (χ1v) is 10.3. The number of hydrogen-bond donors (Lipinski definition) is 2. The number of anilines is 1. The van der Waals surface area contributed by atoms with Gasteiger partial charge in [0.1, 0.15) is 0 Å². The highest BCUT2D eigenvalue weighted by atomic mass is 35.5. The molecule has 1 saturated heterocycles. The van der Waals surface area contributed by atoms with Crippen LogP contribution >= 0.6 is 35.0 Å². The third-order valence-electron chi connectivity index (χ3n) is 4.44. The standard InChI is InChI=1S/C18H22Cl2N4OS/c19-13-7-3-8-14(16(13)20)26-15-11-22-17(18(25)23-15)24-9-2-1-5-12(21)6-4-10-24/h3,7-8,11-12H,1-2,4-6,9-10,21H2,(H,23,25)/t12-/m0/s1. The van der Waals surface area contributed by atoms with Gasteiger partial charge in [-0.3, -0.25) is 4.79 Å². The molecule has 0 unspecified atom stereocenters. The molecule has 1 aliphatic heterocycles. The summed E-state index contributed by atoms with van der Waals surface area (Å²) in [5.41, 5.74) is 5.90. The van der Waals surface area contributed by atoms with E-state index in [0.717, 1.165) is 50.1 Å². The molecule has 1 aliphatic rings. The van der Waals surface area contributed by atoms with Crippen molar-refractivity contribution in [2.45, 2.75) is 48.1 Å². The Hall–Kier alpha value is -1.21. The van der Waals surface area contributed by atoms with Crippen LogP contribution in [0.5, 0.6) is 0 Å². The number of aromatic amines is 1. The third kappa shape index (κ3) is 4.94. The fourth-order valence-electron chi connectivity index (χ4n) is 3.06. The van der Waals surface area contributed by atoms with Gasteiger partial charge in [0.2, 0.25) is 0 Å². The topological polar surface area (TPSA) is 75.0 Å². The minimum absolute atomic E-state index is 0.184. The van der Waals surface area contributed by atoms with Crippen LogP contribution in [0.1, 0.15) is 32.1 Å². The second kappa shape index (κ2) is 9.13. The van der Waals surface area contributed by atoms with E-state index in [9.17, 15) is 4.79 Å². The van der Waals surface area contributed by atoms with Gasteiger partial charge in [-0.25, -0.2) is 4.98 Å². The number of halogens is 2. The molecule has 2 aromatic rings. The lowest BCUT2D eigenvalue weighted by atomic mass is 10.1. The molecule has 0 amide bonds. The Balaban J connectivity index is 1.76. The second-order valence-corrected chi connectivity index (χ2v) is 8.31. The van der Waals surface area contributed by atoms with E-state index in [4.69, 9.17) is 28.9 Å². The Bertz CT molecular complexity index is 814. The molecule has 5 nitrogen and oxygen atoms in total. The van der Waals surface area contributed by atoms with Crippen LogP contribution in [-0.2, 0) is 0 Å². The van der Waals surface area contributed by atoms with Crippen LogP contribution in [0.25, 0.3) is 0 Å². The van der Waals surface area contributed by atoms with Crippen LogP contribution in [0, 0.1) is 0 Å². The van der Waals surface area contributed by atoms with Crippen LogP contribution in [-0.4, -0.2) is 29.1 Å². The van der Waals surface area contributed by atoms with E-state index in [0.29, 0.717) is 20.9 Å². The molecule has 1 fully saturated rings. The average Bonchev–Trinajstić information content (AvgIpc) is 2.71. The molecule has 1 aromatic carbocycles. The number of rotatable bonds is 3. The number of benzene rings is 1.